The molecule has 1 aliphatic rings. The quantitative estimate of drug-likeness (QED) is 0.884. The molecule has 1 fully saturated rings. The fourth-order valence-corrected chi connectivity index (χ4v) is 1.99. The van der Waals surface area contributed by atoms with Gasteiger partial charge in [-0.15, -0.1) is 12.4 Å². The minimum Gasteiger partial charge on any atom is -0.325 e. The monoisotopic (exact) mass is 248 g/mol. The molecule has 1 saturated carbocycles. The number of nitrogens with zero attached hydrogens (tertiary/aromatic N) is 3. The Kier molecular flexibility index (Phi) is 3.05. The Morgan fingerprint density at radius 1 is 1.47 bits per heavy atom. The van der Waals surface area contributed by atoms with Gasteiger partial charge in [-0.25, -0.2) is 4.98 Å². The molecule has 1 aliphatic carbocycles. The van der Waals surface area contributed by atoms with Crippen LogP contribution < -0.4 is 5.73 Å². The van der Waals surface area contributed by atoms with Gasteiger partial charge in [0.15, 0.2) is 5.65 Å². The Bertz CT molecular complexity index is 592. The average molecular weight is 249 g/mol. The van der Waals surface area contributed by atoms with E-state index in [9.17, 15) is 0 Å². The molecule has 0 radical (unpaired) electrons. The van der Waals surface area contributed by atoms with Crippen molar-refractivity contribution in [1.29, 1.82) is 5.26 Å². The van der Waals surface area contributed by atoms with Crippen LogP contribution in [-0.2, 0) is 6.54 Å². The summed E-state index contributed by atoms with van der Waals surface area (Å²) in [4.78, 5) is 4.34. The van der Waals surface area contributed by atoms with E-state index in [1.165, 1.54) is 18.4 Å². The van der Waals surface area contributed by atoms with Crippen LogP contribution in [0, 0.1) is 11.3 Å². The van der Waals surface area contributed by atoms with Crippen LogP contribution in [0.3, 0.4) is 0 Å². The van der Waals surface area contributed by atoms with Crippen molar-refractivity contribution in [3.05, 3.63) is 35.3 Å². The van der Waals surface area contributed by atoms with Gasteiger partial charge in [0, 0.05) is 18.9 Å². The van der Waals surface area contributed by atoms with Crippen LogP contribution in [-0.4, -0.2) is 9.38 Å². The van der Waals surface area contributed by atoms with Crippen molar-refractivity contribution in [1.82, 2.24) is 9.38 Å². The van der Waals surface area contributed by atoms with Gasteiger partial charge in [-0.1, -0.05) is 0 Å². The third-order valence-electron chi connectivity index (χ3n) is 3.00. The number of nitriles is 1. The molecule has 2 heterocycles. The molecule has 2 aromatic rings. The Morgan fingerprint density at radius 3 is 2.82 bits per heavy atom. The van der Waals surface area contributed by atoms with Crippen molar-refractivity contribution in [3.8, 4) is 6.07 Å². The van der Waals surface area contributed by atoms with Crippen LogP contribution in [0.25, 0.3) is 5.65 Å². The van der Waals surface area contributed by atoms with Crippen molar-refractivity contribution < 1.29 is 0 Å². The lowest BCUT2D eigenvalue weighted by molar-refractivity contribution is 1.01. The topological polar surface area (TPSA) is 67.1 Å². The first-order valence-electron chi connectivity index (χ1n) is 5.43. The molecular weight excluding hydrogens is 236 g/mol. The molecule has 0 aliphatic heterocycles. The van der Waals surface area contributed by atoms with Gasteiger partial charge in [-0.05, 0) is 30.4 Å². The summed E-state index contributed by atoms with van der Waals surface area (Å²) in [5, 5.41) is 9.11. The van der Waals surface area contributed by atoms with E-state index in [4.69, 9.17) is 11.0 Å². The van der Waals surface area contributed by atoms with Crippen LogP contribution in [0.2, 0.25) is 0 Å². The van der Waals surface area contributed by atoms with Crippen LogP contribution in [0.4, 0.5) is 0 Å². The third-order valence-corrected chi connectivity index (χ3v) is 3.00. The molecule has 4 nitrogen and oxygen atoms in total. The summed E-state index contributed by atoms with van der Waals surface area (Å²) in [5.74, 6) is 0.639. The number of imidazole rings is 1. The molecule has 2 aromatic heterocycles. The highest BCUT2D eigenvalue weighted by Crippen LogP contribution is 2.40. The second kappa shape index (κ2) is 4.36. The van der Waals surface area contributed by atoms with E-state index in [1.807, 2.05) is 16.7 Å². The second-order valence-corrected chi connectivity index (χ2v) is 4.24. The minimum absolute atomic E-state index is 0. The number of halogens is 1. The predicted molar refractivity (Wildman–Crippen MR) is 67.0 cm³/mol. The zero-order valence-electron chi connectivity index (χ0n) is 9.26. The smallest absolute Gasteiger partial charge is 0.155 e. The van der Waals surface area contributed by atoms with Gasteiger partial charge in [0.25, 0.3) is 0 Å². The third kappa shape index (κ3) is 1.99. The van der Waals surface area contributed by atoms with Gasteiger partial charge >= 0.3 is 0 Å². The number of pyridine rings is 1. The number of fused-ring (bicyclic) bond motifs is 1. The van der Waals surface area contributed by atoms with Gasteiger partial charge in [0.05, 0.1) is 11.3 Å². The number of nitrogens with two attached hydrogens (primary N) is 1. The van der Waals surface area contributed by atoms with E-state index < -0.39 is 0 Å². The predicted octanol–water partition coefficient (Wildman–Crippen LogP) is 1.96. The maximum Gasteiger partial charge on any atom is 0.155 e. The van der Waals surface area contributed by atoms with E-state index >= 15 is 0 Å². The maximum atomic E-state index is 9.11. The fourth-order valence-electron chi connectivity index (χ4n) is 1.99. The van der Waals surface area contributed by atoms with Gasteiger partial charge in [0.1, 0.15) is 6.07 Å². The first-order valence-corrected chi connectivity index (χ1v) is 5.43. The number of aromatic nitrogens is 2. The lowest BCUT2D eigenvalue weighted by Gasteiger charge is -2.01. The molecular formula is C12H13ClN4. The minimum atomic E-state index is 0. The molecule has 3 rings (SSSR count). The van der Waals surface area contributed by atoms with Crippen molar-refractivity contribution in [2.45, 2.75) is 25.3 Å². The summed E-state index contributed by atoms with van der Waals surface area (Å²) in [6.07, 6.45) is 6.44. The largest absolute Gasteiger partial charge is 0.325 e. The molecule has 17 heavy (non-hydrogen) atoms. The molecule has 0 saturated heterocycles. The Hall–Kier alpha value is -1.57. The highest BCUT2D eigenvalue weighted by Gasteiger charge is 2.25. The summed E-state index contributed by atoms with van der Waals surface area (Å²) in [5.41, 5.74) is 8.98. The summed E-state index contributed by atoms with van der Waals surface area (Å²) < 4.78 is 1.92. The summed E-state index contributed by atoms with van der Waals surface area (Å²) in [7, 11) is 0. The molecule has 2 N–H and O–H groups in total. The summed E-state index contributed by atoms with van der Waals surface area (Å²) in [6.45, 7) is 0.408. The van der Waals surface area contributed by atoms with Crippen molar-refractivity contribution in [2.75, 3.05) is 0 Å². The number of hydrogen-bond acceptors (Lipinski definition) is 3. The van der Waals surface area contributed by atoms with Crippen LogP contribution >= 0.6 is 12.4 Å². The first kappa shape index (κ1) is 11.9. The van der Waals surface area contributed by atoms with Gasteiger partial charge in [0.2, 0.25) is 0 Å². The van der Waals surface area contributed by atoms with E-state index in [0.29, 0.717) is 23.7 Å². The highest BCUT2D eigenvalue weighted by molar-refractivity contribution is 5.85. The van der Waals surface area contributed by atoms with Crippen molar-refractivity contribution in [3.63, 3.8) is 0 Å². The molecule has 0 spiro atoms. The lowest BCUT2D eigenvalue weighted by atomic mass is 10.1. The number of hydrogen-bond donors (Lipinski definition) is 1. The Labute approximate surface area is 105 Å². The molecule has 0 unspecified atom stereocenters. The van der Waals surface area contributed by atoms with Crippen molar-refractivity contribution in [2.24, 2.45) is 5.73 Å². The summed E-state index contributed by atoms with van der Waals surface area (Å²) >= 11 is 0. The average Bonchev–Trinajstić information content (AvgIpc) is 3.07. The molecule has 0 atom stereocenters. The van der Waals surface area contributed by atoms with Crippen LogP contribution in [0.1, 0.15) is 35.6 Å². The van der Waals surface area contributed by atoms with E-state index in [2.05, 4.69) is 17.3 Å². The van der Waals surface area contributed by atoms with Crippen LogP contribution in [0.5, 0.6) is 0 Å². The van der Waals surface area contributed by atoms with Gasteiger partial charge in [-0.3, -0.25) is 0 Å². The summed E-state index contributed by atoms with van der Waals surface area (Å²) in [6, 6.07) is 4.16. The molecule has 88 valence electrons. The van der Waals surface area contributed by atoms with E-state index in [1.54, 1.807) is 0 Å². The highest BCUT2D eigenvalue weighted by atomic mass is 35.5. The molecule has 0 amide bonds. The SMILES string of the molecule is Cl.N#Cc1cc(C2CC2)cn2cc(CN)nc12. The Balaban J connectivity index is 0.00000108. The number of rotatable bonds is 2. The fraction of sp³-hybridized carbons (Fsp3) is 0.333. The Morgan fingerprint density at radius 2 is 2.24 bits per heavy atom. The standard InChI is InChI=1S/C12H12N4.ClH/c13-4-9-3-10(8-1-2-8)6-16-7-11(5-14)15-12(9)16;/h3,6-8H,1-2,5,14H2;1H. The van der Waals surface area contributed by atoms with Gasteiger partial charge in [-0.2, -0.15) is 5.26 Å². The zero-order chi connectivity index (χ0) is 11.1. The normalized spacial score (nSPS) is 14.4. The lowest BCUT2D eigenvalue weighted by Crippen LogP contribution is -1.95. The molecule has 0 bridgehead atoms. The second-order valence-electron chi connectivity index (χ2n) is 4.24. The first-order chi connectivity index (χ1) is 7.81. The molecule has 0 aromatic carbocycles. The molecule has 5 heteroatoms. The van der Waals surface area contributed by atoms with Gasteiger partial charge < -0.3 is 10.1 Å². The maximum absolute atomic E-state index is 9.11. The zero-order valence-corrected chi connectivity index (χ0v) is 10.1. The van der Waals surface area contributed by atoms with Crippen LogP contribution in [0.15, 0.2) is 18.5 Å². The van der Waals surface area contributed by atoms with E-state index in [-0.39, 0.29) is 12.4 Å². The van der Waals surface area contributed by atoms with E-state index in [0.717, 1.165) is 5.69 Å². The van der Waals surface area contributed by atoms with Crippen molar-refractivity contribution >= 4 is 18.1 Å².